The van der Waals surface area contributed by atoms with Crippen LogP contribution >= 0.6 is 37.3 Å². The van der Waals surface area contributed by atoms with E-state index >= 15 is 0 Å². The van der Waals surface area contributed by atoms with Gasteiger partial charge in [0.1, 0.15) is 0 Å². The molecule has 4 aromatic rings. The Morgan fingerprint density at radius 2 is 0.840 bits per heavy atom. The molecule has 0 radical (unpaired) electrons. The number of aromatic nitrogens is 2. The summed E-state index contributed by atoms with van der Waals surface area (Å²) in [5, 5.41) is 0. The van der Waals surface area contributed by atoms with Crippen molar-refractivity contribution in [3.63, 3.8) is 0 Å². The Morgan fingerprint density at radius 3 is 1.10 bits per heavy atom. The zero-order valence-corrected chi connectivity index (χ0v) is 33.1. The van der Waals surface area contributed by atoms with Crippen LogP contribution in [0.15, 0.2) is 97.6 Å². The largest absolute Gasteiger partial charge is 0.372 e. The lowest BCUT2D eigenvalue weighted by molar-refractivity contribution is -0.692. The van der Waals surface area contributed by atoms with Gasteiger partial charge >= 0.3 is 0 Å². The van der Waals surface area contributed by atoms with E-state index in [9.17, 15) is 0 Å². The predicted octanol–water partition coefficient (Wildman–Crippen LogP) is 9.29. The van der Waals surface area contributed by atoms with Gasteiger partial charge in [-0.2, -0.15) is 25.3 Å². The van der Waals surface area contributed by atoms with Gasteiger partial charge in [0.15, 0.2) is 37.9 Å². The average Bonchev–Trinajstić information content (AvgIpc) is 3.93. The van der Waals surface area contributed by atoms with E-state index in [-0.39, 0.29) is 0 Å². The minimum absolute atomic E-state index is 0.864. The number of hydrogen-bond acceptors (Lipinski definition) is 6. The Balaban J connectivity index is 0.000000234. The number of pyridine rings is 2. The van der Waals surface area contributed by atoms with Gasteiger partial charge < -0.3 is 14.0 Å². The second-order valence-electron chi connectivity index (χ2n) is 11.8. The predicted molar refractivity (Wildman–Crippen MR) is 226 cm³/mol. The molecule has 0 atom stereocenters. The lowest BCUT2D eigenvalue weighted by atomic mass is 10.1. The highest BCUT2D eigenvalue weighted by Crippen LogP contribution is 2.22. The second-order valence-corrected chi connectivity index (χ2v) is 13.3. The average molecular weight is 731 g/mol. The smallest absolute Gasteiger partial charge is 0.169 e. The number of thiol groups is 2. The topological polar surface area (TPSA) is 23.5 Å². The second kappa shape index (κ2) is 24.9. The summed E-state index contributed by atoms with van der Waals surface area (Å²) in [4.78, 5) is 4.93. The van der Waals surface area contributed by atoms with Crippen molar-refractivity contribution >= 4 is 73.0 Å². The van der Waals surface area contributed by atoms with Gasteiger partial charge in [-0.05, 0) is 84.2 Å². The summed E-state index contributed by atoms with van der Waals surface area (Å²) >= 11 is 9.85. The molecule has 2 saturated heterocycles. The summed E-state index contributed by atoms with van der Waals surface area (Å²) in [6, 6.07) is 26.3. The number of anilines is 2. The molecule has 0 amide bonds. The molecule has 4 heterocycles. The summed E-state index contributed by atoms with van der Waals surface area (Å²) in [5.41, 5.74) is 7.63. The van der Waals surface area contributed by atoms with Crippen LogP contribution in [0.25, 0.3) is 24.3 Å². The fourth-order valence-electron chi connectivity index (χ4n) is 5.62. The first-order valence-corrected chi connectivity index (χ1v) is 20.4. The Labute approximate surface area is 318 Å². The van der Waals surface area contributed by atoms with Gasteiger partial charge in [0.2, 0.25) is 0 Å². The minimum Gasteiger partial charge on any atom is -0.372 e. The van der Waals surface area contributed by atoms with Crippen molar-refractivity contribution < 1.29 is 13.3 Å². The van der Waals surface area contributed by atoms with Crippen LogP contribution in [0.5, 0.6) is 0 Å². The SMILES string of the molecule is CC.COSC.SCC[n+]1ccc(/C=C/c2ccc(N3CCCC3)cc2)cc1.SCC[n+]1ccc(/C=C/c2ccc(N3CCCC3)cc2)cc1. The van der Waals surface area contributed by atoms with Crippen molar-refractivity contribution in [3.05, 3.63) is 120 Å². The summed E-state index contributed by atoms with van der Waals surface area (Å²) in [6.45, 7) is 10.7. The third kappa shape index (κ3) is 15.0. The van der Waals surface area contributed by atoms with E-state index in [4.69, 9.17) is 0 Å². The standard InChI is InChI=1S/2C19H22N2S.C2H6OS.C2H6/c2*22-16-15-20-13-9-18(10-14-20)4-3-17-5-7-19(8-6-17)21-11-1-2-12-21;1-3-4-2;1-2/h2*3-10,13-14H,1-2,11-12,15-16H2;1-2H3;1-2H3/p+2. The van der Waals surface area contributed by atoms with Gasteiger partial charge in [0, 0.05) is 79.6 Å². The molecule has 8 heteroatoms. The zero-order chi connectivity index (χ0) is 35.8. The monoisotopic (exact) mass is 730 g/mol. The van der Waals surface area contributed by atoms with E-state index in [1.807, 2.05) is 20.1 Å². The van der Waals surface area contributed by atoms with Crippen LogP contribution in [0.4, 0.5) is 11.4 Å². The van der Waals surface area contributed by atoms with Gasteiger partial charge in [-0.25, -0.2) is 9.13 Å². The molecule has 0 bridgehead atoms. The van der Waals surface area contributed by atoms with E-state index in [1.54, 1.807) is 7.11 Å². The molecule has 2 aromatic heterocycles. The number of rotatable bonds is 11. The number of nitrogens with zero attached hydrogens (tertiary/aromatic N) is 4. The van der Waals surface area contributed by atoms with Crippen molar-refractivity contribution in [2.24, 2.45) is 0 Å². The molecule has 0 spiro atoms. The molecule has 0 unspecified atom stereocenters. The fourth-order valence-corrected chi connectivity index (χ4v) is 6.08. The third-order valence-corrected chi connectivity index (χ3v) is 9.12. The molecule has 0 N–H and O–H groups in total. The molecule has 2 fully saturated rings. The number of benzene rings is 2. The molecule has 6 rings (SSSR count). The van der Waals surface area contributed by atoms with Crippen LogP contribution in [0, 0.1) is 0 Å². The molecule has 2 aliphatic heterocycles. The zero-order valence-electron chi connectivity index (χ0n) is 30.5. The molecule has 2 aliphatic rings. The highest BCUT2D eigenvalue weighted by atomic mass is 32.2. The van der Waals surface area contributed by atoms with Crippen molar-refractivity contribution in [2.45, 2.75) is 52.6 Å². The molecule has 2 aromatic carbocycles. The normalized spacial score (nSPS) is 13.8. The van der Waals surface area contributed by atoms with E-state index in [1.165, 1.54) is 97.5 Å². The van der Waals surface area contributed by atoms with Crippen molar-refractivity contribution in [1.82, 2.24) is 0 Å². The molecule has 5 nitrogen and oxygen atoms in total. The highest BCUT2D eigenvalue weighted by Gasteiger charge is 2.12. The van der Waals surface area contributed by atoms with Crippen molar-refractivity contribution in [1.29, 1.82) is 0 Å². The molecule has 50 heavy (non-hydrogen) atoms. The van der Waals surface area contributed by atoms with E-state index < -0.39 is 0 Å². The Hall–Kier alpha value is -3.17. The maximum atomic E-state index is 4.46. The highest BCUT2D eigenvalue weighted by molar-refractivity contribution is 7.93. The van der Waals surface area contributed by atoms with E-state index in [0.29, 0.717) is 0 Å². The third-order valence-electron chi connectivity index (χ3n) is 8.38. The maximum absolute atomic E-state index is 4.46. The molecule has 0 saturated carbocycles. The summed E-state index contributed by atoms with van der Waals surface area (Å²) in [6.07, 6.45) is 24.2. The summed E-state index contributed by atoms with van der Waals surface area (Å²) in [5.74, 6) is 1.73. The lowest BCUT2D eigenvalue weighted by Gasteiger charge is -2.17. The Kier molecular flexibility index (Phi) is 20.5. The van der Waals surface area contributed by atoms with Crippen molar-refractivity contribution in [2.75, 3.05) is 60.9 Å². The Bertz CT molecular complexity index is 1380. The number of aryl methyl sites for hydroxylation is 2. The van der Waals surface area contributed by atoms with Crippen LogP contribution in [0.2, 0.25) is 0 Å². The van der Waals surface area contributed by atoms with Crippen LogP contribution < -0.4 is 18.9 Å². The van der Waals surface area contributed by atoms with Crippen LogP contribution in [0.1, 0.15) is 61.8 Å². The lowest BCUT2D eigenvalue weighted by Crippen LogP contribution is -2.33. The van der Waals surface area contributed by atoms with Gasteiger partial charge in [-0.3, -0.25) is 0 Å². The quantitative estimate of drug-likeness (QED) is 0.0913. The minimum atomic E-state index is 0.864. The molecule has 0 aliphatic carbocycles. The summed E-state index contributed by atoms with van der Waals surface area (Å²) in [7, 11) is 1.64. The number of hydrogen-bond donors (Lipinski definition) is 2. The van der Waals surface area contributed by atoms with Crippen LogP contribution in [-0.2, 0) is 17.3 Å². The Morgan fingerprint density at radius 1 is 0.560 bits per heavy atom. The molecule has 268 valence electrons. The summed E-state index contributed by atoms with van der Waals surface area (Å²) < 4.78 is 8.75. The first-order chi connectivity index (χ1) is 24.6. The van der Waals surface area contributed by atoms with Gasteiger partial charge in [0.25, 0.3) is 0 Å². The van der Waals surface area contributed by atoms with Crippen LogP contribution in [-0.4, -0.2) is 51.1 Å². The van der Waals surface area contributed by atoms with Gasteiger partial charge in [0.05, 0.1) is 7.11 Å². The molecular weight excluding hydrogens is 673 g/mol. The van der Waals surface area contributed by atoms with Gasteiger partial charge in [-0.15, -0.1) is 0 Å². The maximum Gasteiger partial charge on any atom is 0.169 e. The first kappa shape index (κ1) is 41.3. The van der Waals surface area contributed by atoms with Crippen LogP contribution in [0.3, 0.4) is 0 Å². The fraction of sp³-hybridized carbons (Fsp3) is 0.381. The van der Waals surface area contributed by atoms with E-state index in [2.05, 4.69) is 170 Å². The van der Waals surface area contributed by atoms with E-state index in [0.717, 1.165) is 24.6 Å². The van der Waals surface area contributed by atoms with Gasteiger partial charge in [-0.1, -0.05) is 62.4 Å². The van der Waals surface area contributed by atoms with Crippen molar-refractivity contribution in [3.8, 4) is 0 Å². The first-order valence-electron chi connectivity index (χ1n) is 17.9. The molecular formula is C42H58N4OS3+2.